The zero-order valence-electron chi connectivity index (χ0n) is 10.3. The van der Waals surface area contributed by atoms with Crippen LogP contribution in [0.2, 0.25) is 0 Å². The molecule has 1 aromatic carbocycles. The average Bonchev–Trinajstić information content (AvgIpc) is 2.37. The number of hydrogen-bond donors (Lipinski definition) is 1. The normalized spacial score (nSPS) is 10.3. The molecule has 2 aromatic rings. The maximum Gasteiger partial charge on any atom is 0.142 e. The zero-order valence-corrected chi connectivity index (χ0v) is 11.9. The standard InChI is InChI=1S/C14H16BrN3/c1-18(8-7-11-5-3-2-4-6-11)14-13(15)9-12(16)10-17-14/h2-6,9-10H,7-8,16H2,1H3. The van der Waals surface area contributed by atoms with Gasteiger partial charge in [0.15, 0.2) is 0 Å². The minimum atomic E-state index is 0.669. The van der Waals surface area contributed by atoms with Crippen molar-refractivity contribution in [1.29, 1.82) is 0 Å². The molecule has 4 heteroatoms. The van der Waals surface area contributed by atoms with Crippen LogP contribution in [-0.4, -0.2) is 18.6 Å². The first-order valence-electron chi connectivity index (χ1n) is 5.83. The lowest BCUT2D eigenvalue weighted by molar-refractivity contribution is 0.857. The Morgan fingerprint density at radius 1 is 1.28 bits per heavy atom. The van der Waals surface area contributed by atoms with Crippen LogP contribution in [0.25, 0.3) is 0 Å². The zero-order chi connectivity index (χ0) is 13.0. The molecule has 1 heterocycles. The summed E-state index contributed by atoms with van der Waals surface area (Å²) >= 11 is 3.49. The highest BCUT2D eigenvalue weighted by Crippen LogP contribution is 2.24. The van der Waals surface area contributed by atoms with Gasteiger partial charge in [-0.2, -0.15) is 0 Å². The van der Waals surface area contributed by atoms with E-state index in [1.807, 2.05) is 19.2 Å². The monoisotopic (exact) mass is 305 g/mol. The van der Waals surface area contributed by atoms with E-state index in [0.29, 0.717) is 5.69 Å². The van der Waals surface area contributed by atoms with Gasteiger partial charge in [0.05, 0.1) is 16.4 Å². The molecule has 0 amide bonds. The van der Waals surface area contributed by atoms with Crippen molar-refractivity contribution >= 4 is 27.4 Å². The quantitative estimate of drug-likeness (QED) is 0.944. The molecule has 0 unspecified atom stereocenters. The Morgan fingerprint density at radius 2 is 2.00 bits per heavy atom. The number of rotatable bonds is 4. The van der Waals surface area contributed by atoms with Gasteiger partial charge in [0.1, 0.15) is 5.82 Å². The molecule has 0 aliphatic carbocycles. The van der Waals surface area contributed by atoms with Crippen molar-refractivity contribution in [3.8, 4) is 0 Å². The molecule has 2 N–H and O–H groups in total. The number of aromatic nitrogens is 1. The first kappa shape index (κ1) is 12.9. The van der Waals surface area contributed by atoms with Crippen molar-refractivity contribution in [1.82, 2.24) is 4.98 Å². The Bertz CT molecular complexity index is 514. The van der Waals surface area contributed by atoms with E-state index >= 15 is 0 Å². The summed E-state index contributed by atoms with van der Waals surface area (Å²) in [6.07, 6.45) is 2.68. The van der Waals surface area contributed by atoms with Crippen LogP contribution in [0.5, 0.6) is 0 Å². The van der Waals surface area contributed by atoms with Crippen molar-refractivity contribution in [2.75, 3.05) is 24.2 Å². The van der Waals surface area contributed by atoms with Crippen LogP contribution in [0, 0.1) is 0 Å². The van der Waals surface area contributed by atoms with Gasteiger partial charge in [0.2, 0.25) is 0 Å². The van der Waals surface area contributed by atoms with Crippen LogP contribution in [-0.2, 0) is 6.42 Å². The summed E-state index contributed by atoms with van der Waals surface area (Å²) in [7, 11) is 2.03. The number of nitrogen functional groups attached to an aromatic ring is 1. The number of likely N-dealkylation sites (N-methyl/N-ethyl adjacent to an activating group) is 1. The predicted molar refractivity (Wildman–Crippen MR) is 79.8 cm³/mol. The lowest BCUT2D eigenvalue weighted by atomic mass is 10.1. The van der Waals surface area contributed by atoms with Crippen LogP contribution in [0.1, 0.15) is 5.56 Å². The van der Waals surface area contributed by atoms with Crippen LogP contribution in [0.15, 0.2) is 47.1 Å². The number of hydrogen-bond acceptors (Lipinski definition) is 3. The van der Waals surface area contributed by atoms with E-state index < -0.39 is 0 Å². The number of nitrogens with two attached hydrogens (primary N) is 1. The van der Waals surface area contributed by atoms with E-state index in [0.717, 1.165) is 23.3 Å². The molecule has 0 fully saturated rings. The molecule has 2 rings (SSSR count). The summed E-state index contributed by atoms with van der Waals surface area (Å²) in [5, 5.41) is 0. The molecule has 18 heavy (non-hydrogen) atoms. The highest BCUT2D eigenvalue weighted by molar-refractivity contribution is 9.10. The first-order valence-corrected chi connectivity index (χ1v) is 6.62. The molecular weight excluding hydrogens is 290 g/mol. The Morgan fingerprint density at radius 3 is 2.67 bits per heavy atom. The number of nitrogens with zero attached hydrogens (tertiary/aromatic N) is 2. The van der Waals surface area contributed by atoms with Crippen molar-refractivity contribution < 1.29 is 0 Å². The molecule has 0 spiro atoms. The van der Waals surface area contributed by atoms with Gasteiger partial charge in [-0.25, -0.2) is 4.98 Å². The maximum atomic E-state index is 5.68. The lowest BCUT2D eigenvalue weighted by Crippen LogP contribution is -2.21. The second-order valence-electron chi connectivity index (χ2n) is 4.23. The smallest absolute Gasteiger partial charge is 0.142 e. The van der Waals surface area contributed by atoms with Crippen LogP contribution in [0.4, 0.5) is 11.5 Å². The van der Waals surface area contributed by atoms with E-state index in [4.69, 9.17) is 5.73 Å². The van der Waals surface area contributed by atoms with Crippen LogP contribution in [0.3, 0.4) is 0 Å². The van der Waals surface area contributed by atoms with E-state index in [-0.39, 0.29) is 0 Å². The van der Waals surface area contributed by atoms with Gasteiger partial charge < -0.3 is 10.6 Å². The fraction of sp³-hybridized carbons (Fsp3) is 0.214. The van der Waals surface area contributed by atoms with Gasteiger partial charge in [-0.15, -0.1) is 0 Å². The van der Waals surface area contributed by atoms with Crippen molar-refractivity contribution in [2.24, 2.45) is 0 Å². The van der Waals surface area contributed by atoms with E-state index in [1.165, 1.54) is 5.56 Å². The number of halogens is 1. The maximum absolute atomic E-state index is 5.68. The largest absolute Gasteiger partial charge is 0.397 e. The first-order chi connectivity index (χ1) is 8.66. The summed E-state index contributed by atoms with van der Waals surface area (Å²) in [4.78, 5) is 6.47. The van der Waals surface area contributed by atoms with Gasteiger partial charge in [-0.05, 0) is 34.0 Å². The molecule has 0 saturated carbocycles. The SMILES string of the molecule is CN(CCc1ccccc1)c1ncc(N)cc1Br. The number of anilines is 2. The van der Waals surface area contributed by atoms with Gasteiger partial charge in [-0.1, -0.05) is 30.3 Å². The van der Waals surface area contributed by atoms with Gasteiger partial charge in [0.25, 0.3) is 0 Å². The highest BCUT2D eigenvalue weighted by atomic mass is 79.9. The summed E-state index contributed by atoms with van der Waals surface area (Å²) in [5.74, 6) is 0.917. The fourth-order valence-corrected chi connectivity index (χ4v) is 2.44. The minimum absolute atomic E-state index is 0.669. The molecule has 0 bridgehead atoms. The second-order valence-corrected chi connectivity index (χ2v) is 5.09. The summed E-state index contributed by atoms with van der Waals surface area (Å²) in [5.41, 5.74) is 7.68. The summed E-state index contributed by atoms with van der Waals surface area (Å²) in [6, 6.07) is 12.3. The van der Waals surface area contributed by atoms with Crippen molar-refractivity contribution in [2.45, 2.75) is 6.42 Å². The van der Waals surface area contributed by atoms with Crippen LogP contribution >= 0.6 is 15.9 Å². The van der Waals surface area contributed by atoms with Gasteiger partial charge in [-0.3, -0.25) is 0 Å². The van der Waals surface area contributed by atoms with E-state index in [2.05, 4.69) is 50.1 Å². The fourth-order valence-electron chi connectivity index (χ4n) is 1.77. The van der Waals surface area contributed by atoms with Gasteiger partial charge >= 0.3 is 0 Å². The molecule has 0 atom stereocenters. The molecule has 94 valence electrons. The number of benzene rings is 1. The molecular formula is C14H16BrN3. The number of pyridine rings is 1. The Kier molecular flexibility index (Phi) is 4.20. The molecule has 0 radical (unpaired) electrons. The Labute approximate surface area is 116 Å². The topological polar surface area (TPSA) is 42.2 Å². The Hall–Kier alpha value is -1.55. The second kappa shape index (κ2) is 5.87. The molecule has 0 aliphatic rings. The predicted octanol–water partition coefficient (Wildman–Crippen LogP) is 3.11. The lowest BCUT2D eigenvalue weighted by Gasteiger charge is -2.19. The molecule has 0 aliphatic heterocycles. The summed E-state index contributed by atoms with van der Waals surface area (Å²) in [6.45, 7) is 0.916. The third-order valence-electron chi connectivity index (χ3n) is 2.78. The highest BCUT2D eigenvalue weighted by Gasteiger charge is 2.07. The van der Waals surface area contributed by atoms with E-state index in [1.54, 1.807) is 6.20 Å². The average molecular weight is 306 g/mol. The van der Waals surface area contributed by atoms with E-state index in [9.17, 15) is 0 Å². The van der Waals surface area contributed by atoms with Crippen LogP contribution < -0.4 is 10.6 Å². The molecule has 0 saturated heterocycles. The van der Waals surface area contributed by atoms with Crippen molar-refractivity contribution in [3.05, 3.63) is 52.6 Å². The Balaban J connectivity index is 2.01. The third-order valence-corrected chi connectivity index (χ3v) is 3.37. The minimum Gasteiger partial charge on any atom is -0.397 e. The summed E-state index contributed by atoms with van der Waals surface area (Å²) < 4.78 is 0.929. The van der Waals surface area contributed by atoms with Gasteiger partial charge in [0, 0.05) is 13.6 Å². The molecule has 3 nitrogen and oxygen atoms in total. The van der Waals surface area contributed by atoms with Crippen molar-refractivity contribution in [3.63, 3.8) is 0 Å². The molecule has 1 aromatic heterocycles. The third kappa shape index (κ3) is 3.23.